The minimum Gasteiger partial charge on any atom is -0.507 e. The van der Waals surface area contributed by atoms with E-state index in [1.807, 2.05) is 0 Å². The molecular weight excluding hydrogens is 480 g/mol. The fourth-order valence-corrected chi connectivity index (χ4v) is 4.77. The molecule has 0 spiro atoms. The van der Waals surface area contributed by atoms with Crippen LogP contribution in [0.15, 0.2) is 57.9 Å². The SMILES string of the molecule is COc1ccc(-c2coc3c4c(cc(O)c3c2=O)OC(=O)C[C@@H]4c2ccc(OC)c(OC)c2OC)cc1. The fraction of sp³-hybridized carbons (Fsp3) is 0.214. The first-order chi connectivity index (χ1) is 17.9. The average molecular weight is 504 g/mol. The normalized spacial score (nSPS) is 14.6. The third-order valence-electron chi connectivity index (χ3n) is 6.48. The molecule has 0 aliphatic carbocycles. The largest absolute Gasteiger partial charge is 0.507 e. The van der Waals surface area contributed by atoms with Gasteiger partial charge < -0.3 is 33.2 Å². The summed E-state index contributed by atoms with van der Waals surface area (Å²) in [6, 6.07) is 11.6. The summed E-state index contributed by atoms with van der Waals surface area (Å²) in [4.78, 5) is 26.2. The molecule has 0 amide bonds. The van der Waals surface area contributed by atoms with Crippen molar-refractivity contribution in [3.05, 3.63) is 70.1 Å². The molecule has 1 aromatic heterocycles. The quantitative estimate of drug-likeness (QED) is 0.296. The smallest absolute Gasteiger partial charge is 0.312 e. The molecule has 0 fully saturated rings. The standard InChI is InChI=1S/C28H24O9/c1-32-15-7-5-14(6-8-15)18-13-36-28-23-17(16-9-10-20(33-2)27(35-4)26(16)34-3)11-22(30)37-21(23)12-19(29)24(28)25(18)31/h5-10,12-13,17,29H,11H2,1-4H3/t17-/m1/s1. The summed E-state index contributed by atoms with van der Waals surface area (Å²) < 4.78 is 33.2. The van der Waals surface area contributed by atoms with Gasteiger partial charge in [-0.2, -0.15) is 0 Å². The number of phenolic OH excluding ortho intramolecular Hbond substituents is 1. The number of aromatic hydroxyl groups is 1. The van der Waals surface area contributed by atoms with Crippen LogP contribution in [-0.2, 0) is 4.79 Å². The molecule has 5 rings (SSSR count). The molecule has 190 valence electrons. The van der Waals surface area contributed by atoms with Crippen LogP contribution in [0, 0.1) is 0 Å². The topological polar surface area (TPSA) is 114 Å². The summed E-state index contributed by atoms with van der Waals surface area (Å²) in [6.45, 7) is 0. The van der Waals surface area contributed by atoms with Crippen LogP contribution in [0.4, 0.5) is 0 Å². The van der Waals surface area contributed by atoms with Gasteiger partial charge in [-0.1, -0.05) is 18.2 Å². The van der Waals surface area contributed by atoms with Crippen molar-refractivity contribution in [3.63, 3.8) is 0 Å². The van der Waals surface area contributed by atoms with Crippen molar-refractivity contribution in [1.82, 2.24) is 0 Å². The molecule has 37 heavy (non-hydrogen) atoms. The number of carbonyl (C=O) groups excluding carboxylic acids is 1. The second-order valence-electron chi connectivity index (χ2n) is 8.37. The van der Waals surface area contributed by atoms with Crippen LogP contribution in [0.2, 0.25) is 0 Å². The molecule has 0 saturated carbocycles. The Morgan fingerprint density at radius 1 is 0.892 bits per heavy atom. The van der Waals surface area contributed by atoms with E-state index in [9.17, 15) is 14.7 Å². The minimum atomic E-state index is -0.621. The lowest BCUT2D eigenvalue weighted by atomic mass is 9.84. The van der Waals surface area contributed by atoms with Crippen LogP contribution in [0.25, 0.3) is 22.1 Å². The Balaban J connectivity index is 1.76. The number of methoxy groups -OCH3 is 4. The third-order valence-corrected chi connectivity index (χ3v) is 6.48. The molecule has 1 N–H and O–H groups in total. The zero-order chi connectivity index (χ0) is 26.3. The number of ether oxygens (including phenoxy) is 5. The maximum absolute atomic E-state index is 13.6. The first kappa shape index (κ1) is 24.1. The van der Waals surface area contributed by atoms with Gasteiger partial charge in [-0.3, -0.25) is 9.59 Å². The summed E-state index contributed by atoms with van der Waals surface area (Å²) in [6.07, 6.45) is 1.29. The molecule has 1 aliphatic heterocycles. The molecule has 3 aromatic carbocycles. The number of phenols is 1. The van der Waals surface area contributed by atoms with Gasteiger partial charge in [0, 0.05) is 23.1 Å². The number of hydrogen-bond donors (Lipinski definition) is 1. The van der Waals surface area contributed by atoms with E-state index in [0.29, 0.717) is 39.7 Å². The second-order valence-corrected chi connectivity index (χ2v) is 8.37. The summed E-state index contributed by atoms with van der Waals surface area (Å²) in [5.41, 5.74) is 1.59. The zero-order valence-electron chi connectivity index (χ0n) is 20.6. The Kier molecular flexibility index (Phi) is 6.12. The van der Waals surface area contributed by atoms with Crippen molar-refractivity contribution in [2.24, 2.45) is 0 Å². The Hall–Kier alpha value is -4.66. The van der Waals surface area contributed by atoms with E-state index in [-0.39, 0.29) is 34.5 Å². The van der Waals surface area contributed by atoms with Crippen LogP contribution < -0.4 is 29.1 Å². The second kappa shape index (κ2) is 9.42. The van der Waals surface area contributed by atoms with Crippen LogP contribution >= 0.6 is 0 Å². The number of fused-ring (bicyclic) bond motifs is 3. The molecule has 0 radical (unpaired) electrons. The average Bonchev–Trinajstić information content (AvgIpc) is 2.91. The van der Waals surface area contributed by atoms with E-state index in [1.54, 1.807) is 43.5 Å². The zero-order valence-corrected chi connectivity index (χ0v) is 20.6. The van der Waals surface area contributed by atoms with Crippen molar-refractivity contribution >= 4 is 16.9 Å². The van der Waals surface area contributed by atoms with Crippen LogP contribution in [0.5, 0.6) is 34.5 Å². The van der Waals surface area contributed by atoms with Gasteiger partial charge in [0.1, 0.15) is 34.5 Å². The minimum absolute atomic E-state index is 0.0190. The first-order valence-electron chi connectivity index (χ1n) is 11.4. The van der Waals surface area contributed by atoms with Gasteiger partial charge in [-0.05, 0) is 23.8 Å². The number of esters is 1. The van der Waals surface area contributed by atoms with E-state index in [1.165, 1.54) is 33.7 Å². The molecule has 2 heterocycles. The highest BCUT2D eigenvalue weighted by molar-refractivity contribution is 5.94. The fourth-order valence-electron chi connectivity index (χ4n) is 4.77. The Morgan fingerprint density at radius 2 is 1.62 bits per heavy atom. The Bertz CT molecular complexity index is 1570. The maximum atomic E-state index is 13.6. The van der Waals surface area contributed by atoms with Crippen molar-refractivity contribution in [1.29, 1.82) is 0 Å². The van der Waals surface area contributed by atoms with Gasteiger partial charge in [-0.25, -0.2) is 0 Å². The predicted molar refractivity (Wildman–Crippen MR) is 134 cm³/mol. The molecule has 9 heteroatoms. The van der Waals surface area contributed by atoms with Crippen molar-refractivity contribution in [2.45, 2.75) is 12.3 Å². The van der Waals surface area contributed by atoms with Crippen LogP contribution in [0.3, 0.4) is 0 Å². The van der Waals surface area contributed by atoms with E-state index >= 15 is 0 Å². The van der Waals surface area contributed by atoms with Gasteiger partial charge in [0.15, 0.2) is 11.5 Å². The lowest BCUT2D eigenvalue weighted by molar-refractivity contribution is -0.135. The van der Waals surface area contributed by atoms with Crippen molar-refractivity contribution in [3.8, 4) is 45.6 Å². The summed E-state index contributed by atoms with van der Waals surface area (Å²) in [7, 11) is 6.03. The van der Waals surface area contributed by atoms with E-state index in [2.05, 4.69) is 0 Å². The van der Waals surface area contributed by atoms with E-state index < -0.39 is 17.3 Å². The lowest BCUT2D eigenvalue weighted by Gasteiger charge is -2.27. The number of benzene rings is 3. The predicted octanol–water partition coefficient (Wildman–Crippen LogP) is 4.64. The molecular formula is C28H24O9. The first-order valence-corrected chi connectivity index (χ1v) is 11.4. The number of carbonyl (C=O) groups is 1. The molecule has 1 atom stereocenters. The van der Waals surface area contributed by atoms with Gasteiger partial charge in [0.2, 0.25) is 11.2 Å². The molecule has 0 unspecified atom stereocenters. The Labute approximate surface area is 211 Å². The monoisotopic (exact) mass is 504 g/mol. The van der Waals surface area contributed by atoms with Crippen molar-refractivity contribution < 1.29 is 38.0 Å². The van der Waals surface area contributed by atoms with E-state index in [0.717, 1.165) is 0 Å². The molecule has 0 saturated heterocycles. The van der Waals surface area contributed by atoms with Crippen molar-refractivity contribution in [2.75, 3.05) is 28.4 Å². The van der Waals surface area contributed by atoms with Gasteiger partial charge in [-0.15, -0.1) is 0 Å². The van der Waals surface area contributed by atoms with E-state index in [4.69, 9.17) is 28.1 Å². The molecule has 1 aliphatic rings. The maximum Gasteiger partial charge on any atom is 0.312 e. The van der Waals surface area contributed by atoms with Gasteiger partial charge in [0.25, 0.3) is 0 Å². The third kappa shape index (κ3) is 3.88. The highest BCUT2D eigenvalue weighted by atomic mass is 16.5. The van der Waals surface area contributed by atoms with Crippen LogP contribution in [0.1, 0.15) is 23.5 Å². The molecule has 4 aromatic rings. The number of rotatable bonds is 6. The highest BCUT2D eigenvalue weighted by Crippen LogP contribution is 2.51. The van der Waals surface area contributed by atoms with Crippen LogP contribution in [-0.4, -0.2) is 39.5 Å². The highest BCUT2D eigenvalue weighted by Gasteiger charge is 2.36. The summed E-state index contributed by atoms with van der Waals surface area (Å²) in [5, 5.41) is 10.8. The van der Waals surface area contributed by atoms with Gasteiger partial charge in [0.05, 0.1) is 40.4 Å². The summed E-state index contributed by atoms with van der Waals surface area (Å²) >= 11 is 0. The molecule has 9 nitrogen and oxygen atoms in total. The Morgan fingerprint density at radius 3 is 2.27 bits per heavy atom. The summed E-state index contributed by atoms with van der Waals surface area (Å²) in [5.74, 6) is 0.427. The van der Waals surface area contributed by atoms with Gasteiger partial charge >= 0.3 is 5.97 Å². The lowest BCUT2D eigenvalue weighted by Crippen LogP contribution is -2.22. The molecule has 0 bridgehead atoms. The number of hydrogen-bond acceptors (Lipinski definition) is 9.